The predicted octanol–water partition coefficient (Wildman–Crippen LogP) is 3.46. The van der Waals surface area contributed by atoms with Crippen LogP contribution in [0.15, 0.2) is 12.2 Å². The first-order chi connectivity index (χ1) is 7.13. The van der Waals surface area contributed by atoms with E-state index in [-0.39, 0.29) is 22.1 Å². The molecule has 2 nitrogen and oxygen atoms in total. The van der Waals surface area contributed by atoms with Crippen LogP contribution in [0.4, 0.5) is 0 Å². The summed E-state index contributed by atoms with van der Waals surface area (Å²) in [4.78, 5) is 0.224. The van der Waals surface area contributed by atoms with Crippen LogP contribution in [-0.2, 0) is 4.43 Å². The molecule has 0 aromatic heterocycles. The van der Waals surface area contributed by atoms with Crippen LogP contribution in [0.1, 0.15) is 27.2 Å². The molecule has 0 spiro atoms. The highest BCUT2D eigenvalue weighted by Crippen LogP contribution is 2.39. The van der Waals surface area contributed by atoms with E-state index in [0.717, 1.165) is 6.42 Å². The van der Waals surface area contributed by atoms with E-state index in [1.54, 1.807) is 0 Å². The average molecular weight is 307 g/mol. The number of hydrogen-bond acceptors (Lipinski definition) is 2. The highest BCUT2D eigenvalue weighted by Gasteiger charge is 2.40. The monoisotopic (exact) mass is 306 g/mol. The fourth-order valence-electron chi connectivity index (χ4n) is 1.43. The molecule has 4 heteroatoms. The molecule has 1 N–H and O–H groups in total. The Morgan fingerprint density at radius 2 is 1.88 bits per heavy atom. The van der Waals surface area contributed by atoms with Crippen LogP contribution in [0.3, 0.4) is 0 Å². The van der Waals surface area contributed by atoms with Gasteiger partial charge >= 0.3 is 0 Å². The molecule has 1 rings (SSSR count). The van der Waals surface area contributed by atoms with Crippen molar-refractivity contribution in [3.8, 4) is 0 Å². The molecule has 0 amide bonds. The summed E-state index contributed by atoms with van der Waals surface area (Å²) in [5.74, 6) is 0. The van der Waals surface area contributed by atoms with Crippen LogP contribution in [-0.4, -0.2) is 30.5 Å². The minimum absolute atomic E-state index is 0.101. The Kier molecular flexibility index (Phi) is 4.44. The highest BCUT2D eigenvalue weighted by atomic mass is 79.9. The summed E-state index contributed by atoms with van der Waals surface area (Å²) in [7, 11) is -1.72. The first kappa shape index (κ1) is 14.4. The molecule has 1 aliphatic carbocycles. The molecule has 3 atom stereocenters. The number of hydrogen-bond donors (Lipinski definition) is 1. The van der Waals surface area contributed by atoms with Crippen molar-refractivity contribution in [1.29, 1.82) is 0 Å². The first-order valence-corrected chi connectivity index (χ1v) is 9.64. The van der Waals surface area contributed by atoms with E-state index in [0.29, 0.717) is 0 Å². The van der Waals surface area contributed by atoms with Gasteiger partial charge in [0, 0.05) is 4.83 Å². The molecule has 0 bridgehead atoms. The number of alkyl halides is 1. The molecule has 0 aromatic rings. The van der Waals surface area contributed by atoms with Crippen molar-refractivity contribution in [3.05, 3.63) is 12.2 Å². The number of aliphatic hydroxyl groups excluding tert-OH is 1. The summed E-state index contributed by atoms with van der Waals surface area (Å²) in [5, 5.41) is 9.72. The van der Waals surface area contributed by atoms with E-state index in [1.165, 1.54) is 0 Å². The van der Waals surface area contributed by atoms with Crippen LogP contribution in [0.2, 0.25) is 18.1 Å². The molecule has 0 unspecified atom stereocenters. The maximum atomic E-state index is 9.49. The minimum atomic E-state index is -1.72. The van der Waals surface area contributed by atoms with Gasteiger partial charge in [0.1, 0.15) is 0 Å². The van der Waals surface area contributed by atoms with Gasteiger partial charge in [-0.15, -0.1) is 0 Å². The van der Waals surface area contributed by atoms with Crippen LogP contribution >= 0.6 is 15.9 Å². The lowest BCUT2D eigenvalue weighted by atomic mass is 10.0. The van der Waals surface area contributed by atoms with E-state index in [9.17, 15) is 5.11 Å². The molecular formula is C12H23BrO2Si. The second kappa shape index (κ2) is 4.92. The smallest absolute Gasteiger partial charge is 0.192 e. The Bertz CT molecular complexity index is 271. The van der Waals surface area contributed by atoms with Crippen molar-refractivity contribution < 1.29 is 9.53 Å². The van der Waals surface area contributed by atoms with Crippen molar-refractivity contribution in [1.82, 2.24) is 0 Å². The van der Waals surface area contributed by atoms with Crippen LogP contribution in [0, 0.1) is 0 Å². The van der Waals surface area contributed by atoms with Crippen LogP contribution in [0.25, 0.3) is 0 Å². The van der Waals surface area contributed by atoms with Crippen molar-refractivity contribution in [3.63, 3.8) is 0 Å². The van der Waals surface area contributed by atoms with Crippen LogP contribution in [0.5, 0.6) is 0 Å². The van der Waals surface area contributed by atoms with Gasteiger partial charge in [-0.05, 0) is 24.6 Å². The SMILES string of the molecule is CC(C)(C)[Si](C)(C)O[C@@H]1C=C[C@@H](O)C[C@H]1Br. The molecule has 16 heavy (non-hydrogen) atoms. The lowest BCUT2D eigenvalue weighted by Crippen LogP contribution is -2.46. The van der Waals surface area contributed by atoms with Gasteiger partial charge < -0.3 is 9.53 Å². The lowest BCUT2D eigenvalue weighted by Gasteiger charge is -2.40. The molecular weight excluding hydrogens is 284 g/mol. The van der Waals surface area contributed by atoms with E-state index in [2.05, 4.69) is 49.8 Å². The third kappa shape index (κ3) is 3.42. The second-order valence-corrected chi connectivity index (χ2v) is 12.0. The van der Waals surface area contributed by atoms with E-state index in [4.69, 9.17) is 4.43 Å². The van der Waals surface area contributed by atoms with Crippen molar-refractivity contribution in [2.75, 3.05) is 0 Å². The molecule has 0 saturated heterocycles. The van der Waals surface area contributed by atoms with Gasteiger partial charge in [0.25, 0.3) is 0 Å². The van der Waals surface area contributed by atoms with E-state index >= 15 is 0 Å². The molecule has 0 heterocycles. The third-order valence-electron chi connectivity index (χ3n) is 3.58. The summed E-state index contributed by atoms with van der Waals surface area (Å²) in [6, 6.07) is 0. The Balaban J connectivity index is 2.71. The summed E-state index contributed by atoms with van der Waals surface area (Å²) in [5.41, 5.74) is 0. The highest BCUT2D eigenvalue weighted by molar-refractivity contribution is 9.09. The zero-order chi connectivity index (χ0) is 12.6. The minimum Gasteiger partial charge on any atom is -0.409 e. The Morgan fingerprint density at radius 3 is 2.31 bits per heavy atom. The zero-order valence-electron chi connectivity index (χ0n) is 10.8. The largest absolute Gasteiger partial charge is 0.409 e. The predicted molar refractivity (Wildman–Crippen MR) is 74.5 cm³/mol. The fourth-order valence-corrected chi connectivity index (χ4v) is 3.57. The number of rotatable bonds is 2. The molecule has 0 saturated carbocycles. The summed E-state index contributed by atoms with van der Waals surface area (Å²) >= 11 is 3.60. The maximum Gasteiger partial charge on any atom is 0.192 e. The Labute approximate surface area is 108 Å². The zero-order valence-corrected chi connectivity index (χ0v) is 13.4. The maximum absolute atomic E-state index is 9.49. The number of halogens is 1. The Morgan fingerprint density at radius 1 is 1.31 bits per heavy atom. The molecule has 1 aliphatic rings. The average Bonchev–Trinajstić information content (AvgIpc) is 2.08. The van der Waals surface area contributed by atoms with Crippen molar-refractivity contribution >= 4 is 24.2 Å². The fraction of sp³-hybridized carbons (Fsp3) is 0.833. The normalized spacial score (nSPS) is 31.8. The van der Waals surface area contributed by atoms with Crippen molar-refractivity contribution in [2.45, 2.75) is 62.4 Å². The van der Waals surface area contributed by atoms with Gasteiger partial charge in [0.2, 0.25) is 0 Å². The second-order valence-electron chi connectivity index (χ2n) is 6.05. The van der Waals surface area contributed by atoms with Gasteiger partial charge in [0.15, 0.2) is 8.32 Å². The Hall–Kier alpha value is 0.357. The number of aliphatic hydroxyl groups is 1. The summed E-state index contributed by atoms with van der Waals surface area (Å²) in [6.07, 6.45) is 4.34. The molecule has 0 aromatic carbocycles. The lowest BCUT2D eigenvalue weighted by molar-refractivity contribution is 0.157. The van der Waals surface area contributed by atoms with E-state index in [1.807, 2.05) is 12.2 Å². The van der Waals surface area contributed by atoms with Crippen molar-refractivity contribution in [2.24, 2.45) is 0 Å². The summed E-state index contributed by atoms with van der Waals surface area (Å²) in [6.45, 7) is 11.2. The van der Waals surface area contributed by atoms with Gasteiger partial charge in [-0.3, -0.25) is 0 Å². The molecule has 0 fully saturated rings. The topological polar surface area (TPSA) is 29.5 Å². The van der Waals surface area contributed by atoms with Crippen LogP contribution < -0.4 is 0 Å². The molecule has 0 aliphatic heterocycles. The van der Waals surface area contributed by atoms with Gasteiger partial charge in [-0.25, -0.2) is 0 Å². The quantitative estimate of drug-likeness (QED) is 0.481. The van der Waals surface area contributed by atoms with Gasteiger partial charge in [-0.2, -0.15) is 0 Å². The third-order valence-corrected chi connectivity index (χ3v) is 8.95. The molecule has 0 radical (unpaired) electrons. The van der Waals surface area contributed by atoms with E-state index < -0.39 is 8.32 Å². The summed E-state index contributed by atoms with van der Waals surface area (Å²) < 4.78 is 6.30. The molecule has 94 valence electrons. The van der Waals surface area contributed by atoms with Gasteiger partial charge in [0.05, 0.1) is 12.2 Å². The standard InChI is InChI=1S/C12H23BrO2Si/c1-12(2,3)16(4,5)15-11-7-6-9(14)8-10(11)13/h6-7,9-11,14H,8H2,1-5H3/t9-,10-,11-/m1/s1. The first-order valence-electron chi connectivity index (χ1n) is 5.82. The van der Waals surface area contributed by atoms with Gasteiger partial charge in [-0.1, -0.05) is 48.9 Å².